The zero-order valence-electron chi connectivity index (χ0n) is 10.5. The van der Waals surface area contributed by atoms with Gasteiger partial charge in [0, 0.05) is 31.1 Å². The second-order valence-electron chi connectivity index (χ2n) is 4.31. The summed E-state index contributed by atoms with van der Waals surface area (Å²) in [6.45, 7) is 3.88. The van der Waals surface area contributed by atoms with Gasteiger partial charge in [-0.3, -0.25) is 10.1 Å². The molecule has 1 aliphatic heterocycles. The molecule has 0 aliphatic carbocycles. The number of hydrogen-bond donors (Lipinski definition) is 1. The SMILES string of the molecule is CNc1cccc(N2CCSC(C)C2)c1[N+](=O)[O-]. The van der Waals surface area contributed by atoms with Gasteiger partial charge in [-0.25, -0.2) is 0 Å². The molecule has 1 aliphatic rings. The first kappa shape index (κ1) is 13.0. The van der Waals surface area contributed by atoms with Gasteiger partial charge < -0.3 is 10.2 Å². The van der Waals surface area contributed by atoms with Crippen LogP contribution < -0.4 is 10.2 Å². The average molecular weight is 267 g/mol. The van der Waals surface area contributed by atoms with E-state index in [1.165, 1.54) is 0 Å². The molecule has 0 bridgehead atoms. The van der Waals surface area contributed by atoms with Gasteiger partial charge in [-0.05, 0) is 12.1 Å². The zero-order valence-corrected chi connectivity index (χ0v) is 11.4. The highest BCUT2D eigenvalue weighted by Gasteiger charge is 2.26. The molecule has 0 amide bonds. The van der Waals surface area contributed by atoms with Crippen LogP contribution >= 0.6 is 11.8 Å². The van der Waals surface area contributed by atoms with Crippen molar-refractivity contribution in [3.05, 3.63) is 28.3 Å². The van der Waals surface area contributed by atoms with Crippen molar-refractivity contribution in [2.24, 2.45) is 0 Å². The quantitative estimate of drug-likeness (QED) is 0.674. The molecule has 1 N–H and O–H groups in total. The van der Waals surface area contributed by atoms with Crippen molar-refractivity contribution in [3.8, 4) is 0 Å². The standard InChI is InChI=1S/C12H17N3O2S/c1-9-8-14(6-7-18-9)11-5-3-4-10(13-2)12(11)15(16)17/h3-5,9,13H,6-8H2,1-2H3. The van der Waals surface area contributed by atoms with Crippen LogP contribution in [0, 0.1) is 10.1 Å². The van der Waals surface area contributed by atoms with E-state index in [2.05, 4.69) is 17.1 Å². The number of nitro groups is 1. The number of nitrogens with one attached hydrogen (secondary N) is 1. The summed E-state index contributed by atoms with van der Waals surface area (Å²) >= 11 is 1.91. The van der Waals surface area contributed by atoms with Gasteiger partial charge in [-0.15, -0.1) is 0 Å². The molecule has 1 aromatic rings. The predicted octanol–water partition coefficient (Wildman–Crippen LogP) is 2.58. The first-order valence-electron chi connectivity index (χ1n) is 5.95. The van der Waals surface area contributed by atoms with E-state index >= 15 is 0 Å². The summed E-state index contributed by atoms with van der Waals surface area (Å²) in [6.07, 6.45) is 0. The van der Waals surface area contributed by atoms with Gasteiger partial charge in [0.15, 0.2) is 0 Å². The number of hydrogen-bond acceptors (Lipinski definition) is 5. The first-order chi connectivity index (χ1) is 8.63. The Morgan fingerprint density at radius 1 is 1.56 bits per heavy atom. The van der Waals surface area contributed by atoms with Crippen molar-refractivity contribution in [2.45, 2.75) is 12.2 Å². The fourth-order valence-corrected chi connectivity index (χ4v) is 3.23. The predicted molar refractivity (Wildman–Crippen MR) is 76.8 cm³/mol. The second kappa shape index (κ2) is 5.48. The Morgan fingerprint density at radius 3 is 2.94 bits per heavy atom. The van der Waals surface area contributed by atoms with Crippen LogP contribution in [0.1, 0.15) is 6.92 Å². The van der Waals surface area contributed by atoms with Crippen LogP contribution in [0.4, 0.5) is 17.1 Å². The van der Waals surface area contributed by atoms with E-state index in [4.69, 9.17) is 0 Å². The number of thioether (sulfide) groups is 1. The summed E-state index contributed by atoms with van der Waals surface area (Å²) in [5.74, 6) is 1.02. The van der Waals surface area contributed by atoms with Gasteiger partial charge in [0.2, 0.25) is 0 Å². The molecule has 1 atom stereocenters. The smallest absolute Gasteiger partial charge is 0.315 e. The molecule has 18 heavy (non-hydrogen) atoms. The molecule has 0 spiro atoms. The normalized spacial score (nSPS) is 19.7. The number of nitrogens with zero attached hydrogens (tertiary/aromatic N) is 2. The molecule has 98 valence electrons. The maximum absolute atomic E-state index is 11.3. The lowest BCUT2D eigenvalue weighted by Gasteiger charge is -2.32. The van der Waals surface area contributed by atoms with Gasteiger partial charge in [-0.2, -0.15) is 11.8 Å². The fraction of sp³-hybridized carbons (Fsp3) is 0.500. The van der Waals surface area contributed by atoms with Crippen LogP contribution in [-0.4, -0.2) is 36.1 Å². The van der Waals surface area contributed by atoms with E-state index in [0.717, 1.165) is 24.5 Å². The van der Waals surface area contributed by atoms with Gasteiger partial charge >= 0.3 is 5.69 Å². The van der Waals surface area contributed by atoms with Crippen LogP contribution in [-0.2, 0) is 0 Å². The van der Waals surface area contributed by atoms with Crippen molar-refractivity contribution < 1.29 is 4.92 Å². The van der Waals surface area contributed by atoms with E-state index in [9.17, 15) is 10.1 Å². The molecule has 1 unspecified atom stereocenters. The molecule has 0 radical (unpaired) electrons. The largest absolute Gasteiger partial charge is 0.382 e. The summed E-state index contributed by atoms with van der Waals surface area (Å²) in [7, 11) is 1.71. The van der Waals surface area contributed by atoms with E-state index in [1.54, 1.807) is 13.1 Å². The summed E-state index contributed by atoms with van der Waals surface area (Å²) in [5.41, 5.74) is 1.47. The van der Waals surface area contributed by atoms with Gasteiger partial charge in [0.25, 0.3) is 0 Å². The lowest BCUT2D eigenvalue weighted by atomic mass is 10.2. The van der Waals surface area contributed by atoms with E-state index in [1.807, 2.05) is 23.9 Å². The molecule has 1 saturated heterocycles. The Balaban J connectivity index is 2.40. The maximum Gasteiger partial charge on any atom is 0.315 e. The lowest BCUT2D eigenvalue weighted by Crippen LogP contribution is -2.37. The van der Waals surface area contributed by atoms with E-state index < -0.39 is 0 Å². The average Bonchev–Trinajstić information content (AvgIpc) is 2.37. The third kappa shape index (κ3) is 2.53. The summed E-state index contributed by atoms with van der Waals surface area (Å²) < 4.78 is 0. The second-order valence-corrected chi connectivity index (χ2v) is 5.85. The highest BCUT2D eigenvalue weighted by atomic mass is 32.2. The van der Waals surface area contributed by atoms with Crippen LogP contribution in [0.3, 0.4) is 0 Å². The highest BCUT2D eigenvalue weighted by molar-refractivity contribution is 8.00. The van der Waals surface area contributed by atoms with E-state index in [-0.39, 0.29) is 10.6 Å². The zero-order chi connectivity index (χ0) is 13.1. The Morgan fingerprint density at radius 2 is 2.33 bits per heavy atom. The minimum Gasteiger partial charge on any atom is -0.382 e. The monoisotopic (exact) mass is 267 g/mol. The van der Waals surface area contributed by atoms with Crippen molar-refractivity contribution in [1.82, 2.24) is 0 Å². The van der Waals surface area contributed by atoms with Crippen molar-refractivity contribution in [2.75, 3.05) is 36.1 Å². The summed E-state index contributed by atoms with van der Waals surface area (Å²) in [5, 5.41) is 14.7. The van der Waals surface area contributed by atoms with Crippen LogP contribution in [0.2, 0.25) is 0 Å². The molecular weight excluding hydrogens is 250 g/mol. The molecule has 1 heterocycles. The minimum absolute atomic E-state index is 0.180. The Hall–Kier alpha value is -1.43. The molecule has 1 fully saturated rings. The van der Waals surface area contributed by atoms with Crippen LogP contribution in [0.15, 0.2) is 18.2 Å². The number of nitro benzene ring substituents is 1. The van der Waals surface area contributed by atoms with Crippen LogP contribution in [0.25, 0.3) is 0 Å². The molecule has 0 aromatic heterocycles. The number of rotatable bonds is 3. The topological polar surface area (TPSA) is 58.4 Å². The van der Waals surface area contributed by atoms with Gasteiger partial charge in [0.05, 0.1) is 4.92 Å². The fourth-order valence-electron chi connectivity index (χ4n) is 2.22. The molecule has 1 aromatic carbocycles. The summed E-state index contributed by atoms with van der Waals surface area (Å²) in [6, 6.07) is 5.44. The molecule has 5 nitrogen and oxygen atoms in total. The van der Waals surface area contributed by atoms with Crippen LogP contribution in [0.5, 0.6) is 0 Å². The van der Waals surface area contributed by atoms with Crippen molar-refractivity contribution in [3.63, 3.8) is 0 Å². The molecule has 0 saturated carbocycles. The van der Waals surface area contributed by atoms with Crippen molar-refractivity contribution >= 4 is 28.8 Å². The number of benzene rings is 1. The molecular formula is C12H17N3O2S. The third-order valence-electron chi connectivity index (χ3n) is 3.05. The lowest BCUT2D eigenvalue weighted by molar-refractivity contribution is -0.383. The molecule has 2 rings (SSSR count). The molecule has 6 heteroatoms. The Bertz CT molecular complexity index is 453. The third-order valence-corrected chi connectivity index (χ3v) is 4.18. The number of para-hydroxylation sites is 1. The highest BCUT2D eigenvalue weighted by Crippen LogP contribution is 2.36. The van der Waals surface area contributed by atoms with Gasteiger partial charge in [-0.1, -0.05) is 13.0 Å². The number of anilines is 2. The Kier molecular flexibility index (Phi) is 3.96. The van der Waals surface area contributed by atoms with E-state index in [0.29, 0.717) is 10.9 Å². The summed E-state index contributed by atoms with van der Waals surface area (Å²) in [4.78, 5) is 13.1. The Labute approximate surface area is 111 Å². The minimum atomic E-state index is -0.298. The maximum atomic E-state index is 11.3. The first-order valence-corrected chi connectivity index (χ1v) is 7.00. The van der Waals surface area contributed by atoms with Gasteiger partial charge in [0.1, 0.15) is 11.4 Å². The van der Waals surface area contributed by atoms with Crippen molar-refractivity contribution in [1.29, 1.82) is 0 Å².